The molecule has 76 valence electrons. The molecule has 0 heterocycles. The molecule has 0 radical (unpaired) electrons. The SMILES string of the molecule is NC(=O)c1cccc(O)c1C(F)(F)F. The summed E-state index contributed by atoms with van der Waals surface area (Å²) in [4.78, 5) is 10.6. The topological polar surface area (TPSA) is 63.3 Å². The molecule has 0 aliphatic heterocycles. The fourth-order valence-electron chi connectivity index (χ4n) is 1.04. The molecular formula is C8H6F3NO2. The van der Waals surface area contributed by atoms with Crippen LogP contribution in [0.3, 0.4) is 0 Å². The van der Waals surface area contributed by atoms with Crippen molar-refractivity contribution in [3.63, 3.8) is 0 Å². The summed E-state index contributed by atoms with van der Waals surface area (Å²) in [6.45, 7) is 0. The van der Waals surface area contributed by atoms with Gasteiger partial charge in [0.15, 0.2) is 0 Å². The summed E-state index contributed by atoms with van der Waals surface area (Å²) in [6.07, 6.45) is -4.80. The molecule has 0 saturated heterocycles. The maximum atomic E-state index is 12.3. The smallest absolute Gasteiger partial charge is 0.420 e. The zero-order chi connectivity index (χ0) is 10.9. The van der Waals surface area contributed by atoms with Crippen molar-refractivity contribution in [2.24, 2.45) is 5.73 Å². The second-order valence-electron chi connectivity index (χ2n) is 2.56. The monoisotopic (exact) mass is 205 g/mol. The van der Waals surface area contributed by atoms with Crippen LogP contribution in [0.2, 0.25) is 0 Å². The van der Waals surface area contributed by atoms with Gasteiger partial charge in [-0.1, -0.05) is 6.07 Å². The predicted molar refractivity (Wildman–Crippen MR) is 41.6 cm³/mol. The zero-order valence-corrected chi connectivity index (χ0v) is 6.80. The van der Waals surface area contributed by atoms with Gasteiger partial charge in [0.1, 0.15) is 11.3 Å². The summed E-state index contributed by atoms with van der Waals surface area (Å²) >= 11 is 0. The lowest BCUT2D eigenvalue weighted by atomic mass is 10.1. The number of carbonyl (C=O) groups excluding carboxylic acids is 1. The highest BCUT2D eigenvalue weighted by Gasteiger charge is 2.37. The van der Waals surface area contributed by atoms with Crippen LogP contribution in [-0.4, -0.2) is 11.0 Å². The Kier molecular flexibility index (Phi) is 2.37. The summed E-state index contributed by atoms with van der Waals surface area (Å²) < 4.78 is 36.9. The molecule has 0 unspecified atom stereocenters. The molecule has 0 saturated carbocycles. The number of halogens is 3. The first-order valence-electron chi connectivity index (χ1n) is 3.53. The van der Waals surface area contributed by atoms with Crippen LogP contribution in [0.25, 0.3) is 0 Å². The number of hydrogen-bond acceptors (Lipinski definition) is 2. The van der Waals surface area contributed by atoms with E-state index >= 15 is 0 Å². The maximum Gasteiger partial charge on any atom is 0.420 e. The molecule has 0 fully saturated rings. The van der Waals surface area contributed by atoms with Crippen LogP contribution in [0.1, 0.15) is 15.9 Å². The third-order valence-corrected chi connectivity index (χ3v) is 1.59. The van der Waals surface area contributed by atoms with Gasteiger partial charge >= 0.3 is 6.18 Å². The number of aromatic hydroxyl groups is 1. The van der Waals surface area contributed by atoms with E-state index in [9.17, 15) is 18.0 Å². The second kappa shape index (κ2) is 3.21. The first-order valence-corrected chi connectivity index (χ1v) is 3.53. The van der Waals surface area contributed by atoms with Gasteiger partial charge in [-0.15, -0.1) is 0 Å². The summed E-state index contributed by atoms with van der Waals surface area (Å²) in [5.41, 5.74) is 2.60. The van der Waals surface area contributed by atoms with Crippen LogP contribution < -0.4 is 5.73 Å². The lowest BCUT2D eigenvalue weighted by Gasteiger charge is -2.11. The molecule has 1 aromatic carbocycles. The van der Waals surface area contributed by atoms with Crippen molar-refractivity contribution in [2.75, 3.05) is 0 Å². The van der Waals surface area contributed by atoms with E-state index in [4.69, 9.17) is 10.8 Å². The van der Waals surface area contributed by atoms with Crippen molar-refractivity contribution in [2.45, 2.75) is 6.18 Å². The minimum absolute atomic E-state index is 0.738. The van der Waals surface area contributed by atoms with Crippen LogP contribution in [0.15, 0.2) is 18.2 Å². The quantitative estimate of drug-likeness (QED) is 0.729. The average Bonchev–Trinajstić information content (AvgIpc) is 2.01. The largest absolute Gasteiger partial charge is 0.507 e. The molecule has 14 heavy (non-hydrogen) atoms. The van der Waals surface area contributed by atoms with Crippen molar-refractivity contribution in [1.82, 2.24) is 0 Å². The number of benzene rings is 1. The second-order valence-corrected chi connectivity index (χ2v) is 2.56. The molecular weight excluding hydrogens is 199 g/mol. The number of phenols is 1. The van der Waals surface area contributed by atoms with Gasteiger partial charge < -0.3 is 10.8 Å². The number of rotatable bonds is 1. The average molecular weight is 205 g/mol. The predicted octanol–water partition coefficient (Wildman–Crippen LogP) is 1.51. The first-order chi connectivity index (χ1) is 6.34. The third kappa shape index (κ3) is 1.78. The van der Waals surface area contributed by atoms with Gasteiger partial charge in [-0.3, -0.25) is 4.79 Å². The summed E-state index contributed by atoms with van der Waals surface area (Å²) in [6, 6.07) is 2.87. The number of phenolic OH excluding ortho intramolecular Hbond substituents is 1. The highest BCUT2D eigenvalue weighted by Crippen LogP contribution is 2.37. The van der Waals surface area contributed by atoms with Crippen LogP contribution in [0, 0.1) is 0 Å². The summed E-state index contributed by atoms with van der Waals surface area (Å²) in [5.74, 6) is -2.23. The van der Waals surface area contributed by atoms with E-state index in [1.165, 1.54) is 0 Å². The first kappa shape index (κ1) is 10.4. The van der Waals surface area contributed by atoms with Gasteiger partial charge in [0, 0.05) is 0 Å². The van der Waals surface area contributed by atoms with Crippen LogP contribution in [-0.2, 0) is 6.18 Å². The third-order valence-electron chi connectivity index (χ3n) is 1.59. The van der Waals surface area contributed by atoms with Crippen molar-refractivity contribution in [3.05, 3.63) is 29.3 Å². The molecule has 0 bridgehead atoms. The van der Waals surface area contributed by atoms with Crippen molar-refractivity contribution >= 4 is 5.91 Å². The van der Waals surface area contributed by atoms with Crippen LogP contribution in [0.4, 0.5) is 13.2 Å². The van der Waals surface area contributed by atoms with Gasteiger partial charge in [0.2, 0.25) is 5.91 Å². The summed E-state index contributed by atoms with van der Waals surface area (Å²) in [7, 11) is 0. The van der Waals surface area contributed by atoms with E-state index in [-0.39, 0.29) is 0 Å². The summed E-state index contributed by atoms with van der Waals surface area (Å²) in [5, 5.41) is 8.95. The van der Waals surface area contributed by atoms with Crippen molar-refractivity contribution in [3.8, 4) is 5.75 Å². The molecule has 3 nitrogen and oxygen atoms in total. The Balaban J connectivity index is 3.45. The standard InChI is InChI=1S/C8H6F3NO2/c9-8(10,11)6-4(7(12)14)2-1-3-5(6)13/h1-3,13H,(H2,12,14). The normalized spacial score (nSPS) is 11.4. The number of nitrogens with two attached hydrogens (primary N) is 1. The molecule has 1 aromatic rings. The number of amides is 1. The minimum Gasteiger partial charge on any atom is -0.507 e. The molecule has 6 heteroatoms. The van der Waals surface area contributed by atoms with Crippen LogP contribution >= 0.6 is 0 Å². The molecule has 0 aromatic heterocycles. The number of carbonyl (C=O) groups is 1. The van der Waals surface area contributed by atoms with Gasteiger partial charge in [-0.05, 0) is 12.1 Å². The van der Waals surface area contributed by atoms with Crippen LogP contribution in [0.5, 0.6) is 5.75 Å². The lowest BCUT2D eigenvalue weighted by Crippen LogP contribution is -2.18. The van der Waals surface area contributed by atoms with E-state index in [0.29, 0.717) is 0 Å². The Hall–Kier alpha value is -1.72. The Morgan fingerprint density at radius 3 is 2.29 bits per heavy atom. The van der Waals surface area contributed by atoms with E-state index in [2.05, 4.69) is 0 Å². The fraction of sp³-hybridized carbons (Fsp3) is 0.125. The molecule has 0 spiro atoms. The van der Waals surface area contributed by atoms with E-state index in [1.54, 1.807) is 0 Å². The van der Waals surface area contributed by atoms with Gasteiger partial charge in [0.25, 0.3) is 0 Å². The van der Waals surface area contributed by atoms with Gasteiger partial charge in [-0.2, -0.15) is 13.2 Å². The number of hydrogen-bond donors (Lipinski definition) is 2. The maximum absolute atomic E-state index is 12.3. The van der Waals surface area contributed by atoms with E-state index in [0.717, 1.165) is 18.2 Å². The molecule has 1 amide bonds. The molecule has 0 atom stereocenters. The Labute approximate surface area is 77.0 Å². The highest BCUT2D eigenvalue weighted by atomic mass is 19.4. The lowest BCUT2D eigenvalue weighted by molar-refractivity contribution is -0.139. The zero-order valence-electron chi connectivity index (χ0n) is 6.80. The molecule has 0 aliphatic rings. The van der Waals surface area contributed by atoms with Crippen molar-refractivity contribution in [1.29, 1.82) is 0 Å². The minimum atomic E-state index is -4.80. The number of primary amides is 1. The van der Waals surface area contributed by atoms with E-state index < -0.39 is 29.0 Å². The Morgan fingerprint density at radius 2 is 1.93 bits per heavy atom. The van der Waals surface area contributed by atoms with Crippen molar-refractivity contribution < 1.29 is 23.1 Å². The molecule has 1 rings (SSSR count). The molecule has 0 aliphatic carbocycles. The van der Waals surface area contributed by atoms with Gasteiger partial charge in [0.05, 0.1) is 5.56 Å². The highest BCUT2D eigenvalue weighted by molar-refractivity contribution is 5.95. The number of alkyl halides is 3. The van der Waals surface area contributed by atoms with Gasteiger partial charge in [-0.25, -0.2) is 0 Å². The molecule has 3 N–H and O–H groups in total. The Morgan fingerprint density at radius 1 is 1.36 bits per heavy atom. The fourth-order valence-corrected chi connectivity index (χ4v) is 1.04. The van der Waals surface area contributed by atoms with E-state index in [1.807, 2.05) is 0 Å². The Bertz CT molecular complexity index is 373.